The monoisotopic (exact) mass is 344 g/mol. The Balaban J connectivity index is 2.30. The molecule has 0 amide bonds. The zero-order chi connectivity index (χ0) is 15.6. The summed E-state index contributed by atoms with van der Waals surface area (Å²) in [6.45, 7) is 0. The molecule has 0 spiro atoms. The molecule has 5 nitrogen and oxygen atoms in total. The Morgan fingerprint density at radius 1 is 1.14 bits per heavy atom. The van der Waals surface area contributed by atoms with E-state index in [-0.39, 0.29) is 15.7 Å². The second-order valence-electron chi connectivity index (χ2n) is 4.12. The van der Waals surface area contributed by atoms with Crippen LogP contribution in [0.4, 0.5) is 5.69 Å². The molecule has 0 unspecified atom stereocenters. The average Bonchev–Trinajstić information content (AvgIpc) is 2.40. The predicted molar refractivity (Wildman–Crippen MR) is 83.2 cm³/mol. The van der Waals surface area contributed by atoms with Crippen molar-refractivity contribution in [3.05, 3.63) is 52.0 Å². The fourth-order valence-corrected chi connectivity index (χ4v) is 2.57. The molecule has 2 rings (SSSR count). The van der Waals surface area contributed by atoms with Crippen LogP contribution < -0.4 is 5.14 Å². The van der Waals surface area contributed by atoms with Crippen molar-refractivity contribution in [2.45, 2.75) is 4.90 Å². The Hall–Kier alpha value is -1.60. The largest absolute Gasteiger partial charge is 0.506 e. The van der Waals surface area contributed by atoms with Crippen LogP contribution in [0.2, 0.25) is 10.0 Å². The highest BCUT2D eigenvalue weighted by Gasteiger charge is 2.07. The number of nitrogens with zero attached hydrogens (tertiary/aromatic N) is 1. The van der Waals surface area contributed by atoms with Crippen LogP contribution in [0.5, 0.6) is 5.75 Å². The number of hydrogen-bond acceptors (Lipinski definition) is 4. The fraction of sp³-hybridized carbons (Fsp3) is 0. The molecule has 0 aliphatic heterocycles. The predicted octanol–water partition coefficient (Wildman–Crippen LogP) is 3.10. The topological polar surface area (TPSA) is 92.8 Å². The van der Waals surface area contributed by atoms with Gasteiger partial charge in [-0.05, 0) is 36.4 Å². The van der Waals surface area contributed by atoms with Gasteiger partial charge in [-0.2, -0.15) is 0 Å². The number of nitrogens with two attached hydrogens (primary N) is 1. The van der Waals surface area contributed by atoms with Gasteiger partial charge in [-0.3, -0.25) is 4.99 Å². The molecule has 0 heterocycles. The lowest BCUT2D eigenvalue weighted by Gasteiger charge is -2.02. The minimum absolute atomic E-state index is 0.00454. The van der Waals surface area contributed by atoms with Crippen molar-refractivity contribution in [3.63, 3.8) is 0 Å². The number of hydrogen-bond donors (Lipinski definition) is 2. The minimum Gasteiger partial charge on any atom is -0.506 e. The molecule has 21 heavy (non-hydrogen) atoms. The van der Waals surface area contributed by atoms with E-state index in [1.807, 2.05) is 0 Å². The third-order valence-electron chi connectivity index (χ3n) is 2.58. The molecule has 2 aromatic carbocycles. The van der Waals surface area contributed by atoms with Crippen LogP contribution in [-0.2, 0) is 10.0 Å². The van der Waals surface area contributed by atoms with E-state index in [9.17, 15) is 13.5 Å². The van der Waals surface area contributed by atoms with Gasteiger partial charge in [0, 0.05) is 16.8 Å². The highest BCUT2D eigenvalue weighted by Crippen LogP contribution is 2.30. The van der Waals surface area contributed by atoms with Crippen molar-refractivity contribution in [2.24, 2.45) is 10.1 Å². The molecule has 0 aromatic heterocycles. The standard InChI is InChI=1S/C13H10Cl2N2O3S/c14-9-5-8(13(18)12(15)6-9)7-17-10-1-3-11(4-2-10)21(16,19)20/h1-7,18H,(H2,16,19,20). The number of aromatic hydroxyl groups is 1. The van der Waals surface area contributed by atoms with Gasteiger partial charge in [-0.1, -0.05) is 23.2 Å². The lowest BCUT2D eigenvalue weighted by Crippen LogP contribution is -2.11. The van der Waals surface area contributed by atoms with Crippen molar-refractivity contribution < 1.29 is 13.5 Å². The molecule has 0 saturated carbocycles. The van der Waals surface area contributed by atoms with Gasteiger partial charge in [0.05, 0.1) is 15.6 Å². The molecular weight excluding hydrogens is 335 g/mol. The molecular formula is C13H10Cl2N2O3S. The zero-order valence-corrected chi connectivity index (χ0v) is 12.8. The third kappa shape index (κ3) is 3.95. The summed E-state index contributed by atoms with van der Waals surface area (Å²) >= 11 is 11.6. The number of rotatable bonds is 3. The third-order valence-corrected chi connectivity index (χ3v) is 4.01. The molecule has 0 radical (unpaired) electrons. The second kappa shape index (κ2) is 6.03. The molecule has 3 N–H and O–H groups in total. The van der Waals surface area contributed by atoms with Crippen LogP contribution in [-0.4, -0.2) is 19.7 Å². The van der Waals surface area contributed by atoms with Gasteiger partial charge >= 0.3 is 0 Å². The summed E-state index contributed by atoms with van der Waals surface area (Å²) in [6, 6.07) is 8.57. The van der Waals surface area contributed by atoms with Gasteiger partial charge in [0.25, 0.3) is 0 Å². The van der Waals surface area contributed by atoms with Crippen LogP contribution in [0.3, 0.4) is 0 Å². The summed E-state index contributed by atoms with van der Waals surface area (Å²) in [4.78, 5) is 4.10. The van der Waals surface area contributed by atoms with Crippen molar-refractivity contribution in [1.29, 1.82) is 0 Å². The average molecular weight is 345 g/mol. The molecule has 0 saturated heterocycles. The van der Waals surface area contributed by atoms with E-state index in [2.05, 4.69) is 4.99 Å². The molecule has 8 heteroatoms. The van der Waals surface area contributed by atoms with Gasteiger partial charge in [0.2, 0.25) is 10.0 Å². The second-order valence-corrected chi connectivity index (χ2v) is 6.53. The van der Waals surface area contributed by atoms with Gasteiger partial charge in [0.15, 0.2) is 0 Å². The lowest BCUT2D eigenvalue weighted by atomic mass is 10.2. The molecule has 2 aromatic rings. The first kappa shape index (κ1) is 15.8. The Kier molecular flexibility index (Phi) is 4.53. The number of halogens is 2. The first-order valence-electron chi connectivity index (χ1n) is 5.62. The Bertz CT molecular complexity index is 803. The maximum Gasteiger partial charge on any atom is 0.238 e. The first-order chi connectivity index (χ1) is 9.77. The number of primary sulfonamides is 1. The zero-order valence-electron chi connectivity index (χ0n) is 10.5. The number of phenols is 1. The molecule has 110 valence electrons. The fourth-order valence-electron chi connectivity index (χ4n) is 1.55. The quantitative estimate of drug-likeness (QED) is 0.837. The maximum absolute atomic E-state index is 11.1. The SMILES string of the molecule is NS(=O)(=O)c1ccc(N=Cc2cc(Cl)cc(Cl)c2O)cc1. The Morgan fingerprint density at radius 3 is 2.33 bits per heavy atom. The van der Waals surface area contributed by atoms with E-state index in [4.69, 9.17) is 28.3 Å². The van der Waals surface area contributed by atoms with Crippen molar-refractivity contribution in [2.75, 3.05) is 0 Å². The smallest absolute Gasteiger partial charge is 0.238 e. The van der Waals surface area contributed by atoms with Crippen LogP contribution in [0.15, 0.2) is 46.3 Å². The number of aliphatic imine (C=N–C) groups is 1. The Labute approximate surface area is 131 Å². The molecule has 0 aliphatic carbocycles. The summed E-state index contributed by atoms with van der Waals surface area (Å²) in [5.74, 6) is -0.133. The summed E-state index contributed by atoms with van der Waals surface area (Å²) in [7, 11) is -3.73. The number of phenolic OH excluding ortho intramolecular Hbond substituents is 1. The van der Waals surface area contributed by atoms with E-state index in [1.165, 1.54) is 42.6 Å². The van der Waals surface area contributed by atoms with Crippen LogP contribution >= 0.6 is 23.2 Å². The van der Waals surface area contributed by atoms with E-state index >= 15 is 0 Å². The van der Waals surface area contributed by atoms with Crippen molar-refractivity contribution in [3.8, 4) is 5.75 Å². The van der Waals surface area contributed by atoms with Gasteiger partial charge in [-0.25, -0.2) is 13.6 Å². The molecule has 0 fully saturated rings. The van der Waals surface area contributed by atoms with Crippen molar-refractivity contribution in [1.82, 2.24) is 0 Å². The molecule has 0 bridgehead atoms. The minimum atomic E-state index is -3.73. The van der Waals surface area contributed by atoms with Crippen LogP contribution in [0.1, 0.15) is 5.56 Å². The molecule has 0 aliphatic rings. The van der Waals surface area contributed by atoms with E-state index in [1.54, 1.807) is 0 Å². The number of sulfonamides is 1. The highest BCUT2D eigenvalue weighted by molar-refractivity contribution is 7.89. The van der Waals surface area contributed by atoms with Gasteiger partial charge in [-0.15, -0.1) is 0 Å². The Morgan fingerprint density at radius 2 is 1.76 bits per heavy atom. The van der Waals surface area contributed by atoms with Gasteiger partial charge < -0.3 is 5.11 Å². The summed E-state index contributed by atoms with van der Waals surface area (Å²) in [5, 5.41) is 15.3. The van der Waals surface area contributed by atoms with Crippen LogP contribution in [0, 0.1) is 0 Å². The van der Waals surface area contributed by atoms with Gasteiger partial charge in [0.1, 0.15) is 5.75 Å². The number of benzene rings is 2. The van der Waals surface area contributed by atoms with E-state index in [0.29, 0.717) is 16.3 Å². The van der Waals surface area contributed by atoms with Crippen LogP contribution in [0.25, 0.3) is 0 Å². The van der Waals surface area contributed by atoms with E-state index in [0.717, 1.165) is 0 Å². The summed E-state index contributed by atoms with van der Waals surface area (Å²) in [5.41, 5.74) is 0.834. The summed E-state index contributed by atoms with van der Waals surface area (Å²) in [6.07, 6.45) is 1.37. The van der Waals surface area contributed by atoms with Crippen molar-refractivity contribution >= 4 is 45.1 Å². The lowest BCUT2D eigenvalue weighted by molar-refractivity contribution is 0.475. The first-order valence-corrected chi connectivity index (χ1v) is 7.92. The summed E-state index contributed by atoms with van der Waals surface area (Å²) < 4.78 is 22.2. The normalized spacial score (nSPS) is 12.0. The van der Waals surface area contributed by atoms with E-state index < -0.39 is 10.0 Å². The molecule has 0 atom stereocenters. The highest BCUT2D eigenvalue weighted by atomic mass is 35.5. The maximum atomic E-state index is 11.1.